The largest absolute Gasteiger partial charge is 0.493 e. The number of anilines is 1. The van der Waals surface area contributed by atoms with E-state index < -0.39 is 6.04 Å². The Hall–Kier alpha value is -2.58. The molecule has 0 saturated heterocycles. The monoisotopic (exact) mass is 489 g/mol. The van der Waals surface area contributed by atoms with Gasteiger partial charge in [0.15, 0.2) is 16.6 Å². The van der Waals surface area contributed by atoms with Crippen LogP contribution in [-0.2, 0) is 4.79 Å². The second-order valence-electron chi connectivity index (χ2n) is 6.86. The molecule has 3 rings (SSSR count). The lowest BCUT2D eigenvalue weighted by Gasteiger charge is -2.31. The molecule has 0 aliphatic carbocycles. The predicted octanol–water partition coefficient (Wildman–Crippen LogP) is 4.60. The summed E-state index contributed by atoms with van der Waals surface area (Å²) in [5, 5.41) is 9.68. The zero-order valence-corrected chi connectivity index (χ0v) is 19.7. The van der Waals surface area contributed by atoms with E-state index in [2.05, 4.69) is 31.9 Å². The predicted molar refractivity (Wildman–Crippen MR) is 126 cm³/mol. The first-order valence-electron chi connectivity index (χ1n) is 9.50. The maximum Gasteiger partial charge on any atom is 0.255 e. The van der Waals surface area contributed by atoms with Crippen LogP contribution in [0.3, 0.4) is 0 Å². The molecule has 30 heavy (non-hydrogen) atoms. The highest BCUT2D eigenvalue weighted by molar-refractivity contribution is 9.10. The average molecular weight is 490 g/mol. The molecule has 2 aromatic carbocycles. The number of methoxy groups -OCH3 is 1. The Labute approximate surface area is 190 Å². The van der Waals surface area contributed by atoms with Crippen molar-refractivity contribution < 1.29 is 14.3 Å². The minimum Gasteiger partial charge on any atom is -0.493 e. The SMILES string of the molecule is CCOc1c(Br)cc(C2NC(=S)NC(C)=C2C(=O)Nc2ccc(C)cc2)cc1OC. The third-order valence-electron chi connectivity index (χ3n) is 4.70. The van der Waals surface area contributed by atoms with Gasteiger partial charge in [0, 0.05) is 11.4 Å². The second kappa shape index (κ2) is 9.49. The van der Waals surface area contributed by atoms with Crippen molar-refractivity contribution in [3.8, 4) is 11.5 Å². The summed E-state index contributed by atoms with van der Waals surface area (Å²) in [6.45, 7) is 6.26. The Kier molecular flexibility index (Phi) is 6.99. The summed E-state index contributed by atoms with van der Waals surface area (Å²) in [7, 11) is 1.58. The van der Waals surface area contributed by atoms with E-state index in [0.29, 0.717) is 34.5 Å². The third kappa shape index (κ3) is 4.76. The van der Waals surface area contributed by atoms with Gasteiger partial charge >= 0.3 is 0 Å². The number of nitrogens with one attached hydrogen (secondary N) is 3. The van der Waals surface area contributed by atoms with Crippen LogP contribution < -0.4 is 25.4 Å². The number of carbonyl (C=O) groups excluding carboxylic acids is 1. The van der Waals surface area contributed by atoms with Gasteiger partial charge < -0.3 is 25.4 Å². The zero-order chi connectivity index (χ0) is 21.8. The molecule has 0 spiro atoms. The molecule has 1 heterocycles. The van der Waals surface area contributed by atoms with Crippen LogP contribution in [0.4, 0.5) is 5.69 Å². The van der Waals surface area contributed by atoms with Gasteiger partial charge in [0.1, 0.15) is 0 Å². The van der Waals surface area contributed by atoms with Gasteiger partial charge in [0.05, 0.1) is 29.8 Å². The molecule has 1 aliphatic heterocycles. The van der Waals surface area contributed by atoms with Crippen LogP contribution in [0.2, 0.25) is 0 Å². The fourth-order valence-corrected chi connectivity index (χ4v) is 4.12. The Morgan fingerprint density at radius 1 is 1.23 bits per heavy atom. The molecular formula is C22H24BrN3O3S. The molecule has 0 radical (unpaired) electrons. The molecule has 1 atom stereocenters. The Balaban J connectivity index is 2.00. The minimum absolute atomic E-state index is 0.215. The summed E-state index contributed by atoms with van der Waals surface area (Å²) in [6.07, 6.45) is 0. The summed E-state index contributed by atoms with van der Waals surface area (Å²) in [6, 6.07) is 11.0. The van der Waals surface area contributed by atoms with Crippen molar-refractivity contribution in [2.24, 2.45) is 0 Å². The number of benzene rings is 2. The van der Waals surface area contributed by atoms with E-state index in [-0.39, 0.29) is 5.91 Å². The molecule has 2 aromatic rings. The van der Waals surface area contributed by atoms with Crippen LogP contribution >= 0.6 is 28.1 Å². The van der Waals surface area contributed by atoms with Gasteiger partial charge in [-0.25, -0.2) is 0 Å². The molecule has 1 aliphatic rings. The van der Waals surface area contributed by atoms with Crippen LogP contribution in [0.25, 0.3) is 0 Å². The Morgan fingerprint density at radius 2 is 1.93 bits per heavy atom. The third-order valence-corrected chi connectivity index (χ3v) is 5.51. The van der Waals surface area contributed by atoms with Crippen LogP contribution in [0.1, 0.15) is 31.0 Å². The van der Waals surface area contributed by atoms with Gasteiger partial charge in [-0.05, 0) is 78.7 Å². The Bertz CT molecular complexity index is 1010. The summed E-state index contributed by atoms with van der Waals surface area (Å²) in [4.78, 5) is 13.2. The van der Waals surface area contributed by atoms with Crippen molar-refractivity contribution in [3.05, 3.63) is 63.3 Å². The molecular weight excluding hydrogens is 466 g/mol. The molecule has 6 nitrogen and oxygen atoms in total. The molecule has 0 aromatic heterocycles. The summed E-state index contributed by atoms with van der Waals surface area (Å²) in [5.74, 6) is 0.975. The quantitative estimate of drug-likeness (QED) is 0.515. The van der Waals surface area contributed by atoms with Gasteiger partial charge in [0.25, 0.3) is 5.91 Å². The average Bonchev–Trinajstić information content (AvgIpc) is 2.70. The van der Waals surface area contributed by atoms with Gasteiger partial charge in [-0.15, -0.1) is 0 Å². The number of thiocarbonyl (C=S) groups is 1. The van der Waals surface area contributed by atoms with E-state index in [1.165, 1.54) is 0 Å². The minimum atomic E-state index is -0.454. The van der Waals surface area contributed by atoms with Crippen LogP contribution in [0.15, 0.2) is 52.1 Å². The van der Waals surface area contributed by atoms with E-state index in [1.807, 2.05) is 57.2 Å². The molecule has 158 valence electrons. The van der Waals surface area contributed by atoms with Gasteiger partial charge in [-0.2, -0.15) is 0 Å². The lowest BCUT2D eigenvalue weighted by Crippen LogP contribution is -2.45. The highest BCUT2D eigenvalue weighted by Crippen LogP contribution is 2.40. The first kappa shape index (κ1) is 22.1. The second-order valence-corrected chi connectivity index (χ2v) is 8.12. The van der Waals surface area contributed by atoms with Crippen molar-refractivity contribution in [1.29, 1.82) is 0 Å². The first-order chi connectivity index (χ1) is 14.3. The maximum atomic E-state index is 13.2. The van der Waals surface area contributed by atoms with Gasteiger partial charge in [-0.3, -0.25) is 4.79 Å². The van der Waals surface area contributed by atoms with Crippen LogP contribution in [0.5, 0.6) is 11.5 Å². The summed E-state index contributed by atoms with van der Waals surface area (Å²) >= 11 is 8.91. The van der Waals surface area contributed by atoms with E-state index >= 15 is 0 Å². The number of halogens is 1. The molecule has 0 fully saturated rings. The number of ether oxygens (including phenoxy) is 2. The molecule has 3 N–H and O–H groups in total. The van der Waals surface area contributed by atoms with E-state index in [9.17, 15) is 4.79 Å². The van der Waals surface area contributed by atoms with Gasteiger partial charge in [0.2, 0.25) is 0 Å². The smallest absolute Gasteiger partial charge is 0.255 e. The number of hydrogen-bond acceptors (Lipinski definition) is 4. The highest BCUT2D eigenvalue weighted by Gasteiger charge is 2.31. The number of hydrogen-bond donors (Lipinski definition) is 3. The summed E-state index contributed by atoms with van der Waals surface area (Å²) in [5.41, 5.74) is 3.90. The topological polar surface area (TPSA) is 71.6 Å². The number of amides is 1. The van der Waals surface area contributed by atoms with Gasteiger partial charge in [-0.1, -0.05) is 17.7 Å². The number of aryl methyl sites for hydroxylation is 1. The maximum absolute atomic E-state index is 13.2. The van der Waals surface area contributed by atoms with E-state index in [4.69, 9.17) is 21.7 Å². The standard InChI is InChI=1S/C22H24BrN3O3S/c1-5-29-20-16(23)10-14(11-17(20)28-4)19-18(13(3)24-22(30)26-19)21(27)25-15-8-6-12(2)7-9-15/h6-11,19H,5H2,1-4H3,(H,25,27)(H2,24,26,30). The lowest BCUT2D eigenvalue weighted by molar-refractivity contribution is -0.113. The fourth-order valence-electron chi connectivity index (χ4n) is 3.27. The number of rotatable bonds is 6. The first-order valence-corrected chi connectivity index (χ1v) is 10.7. The molecule has 0 bridgehead atoms. The lowest BCUT2D eigenvalue weighted by atomic mass is 9.94. The number of carbonyl (C=O) groups is 1. The van der Waals surface area contributed by atoms with Crippen molar-refractivity contribution in [2.75, 3.05) is 19.0 Å². The van der Waals surface area contributed by atoms with E-state index in [1.54, 1.807) is 7.11 Å². The molecule has 1 unspecified atom stereocenters. The number of allylic oxidation sites excluding steroid dienone is 1. The van der Waals surface area contributed by atoms with Crippen molar-refractivity contribution in [3.63, 3.8) is 0 Å². The Morgan fingerprint density at radius 3 is 2.57 bits per heavy atom. The fraction of sp³-hybridized carbons (Fsp3) is 0.273. The molecule has 8 heteroatoms. The zero-order valence-electron chi connectivity index (χ0n) is 17.3. The van der Waals surface area contributed by atoms with E-state index in [0.717, 1.165) is 21.3 Å². The normalized spacial score (nSPS) is 15.9. The van der Waals surface area contributed by atoms with Crippen molar-refractivity contribution in [1.82, 2.24) is 10.6 Å². The van der Waals surface area contributed by atoms with Crippen LogP contribution in [-0.4, -0.2) is 24.7 Å². The van der Waals surface area contributed by atoms with Crippen molar-refractivity contribution >= 4 is 44.9 Å². The highest BCUT2D eigenvalue weighted by atomic mass is 79.9. The molecule has 0 saturated carbocycles. The van der Waals surface area contributed by atoms with Crippen LogP contribution in [0, 0.1) is 6.92 Å². The van der Waals surface area contributed by atoms with Crippen molar-refractivity contribution in [2.45, 2.75) is 26.8 Å². The molecule has 1 amide bonds. The summed E-state index contributed by atoms with van der Waals surface area (Å²) < 4.78 is 11.9.